The van der Waals surface area contributed by atoms with Crippen LogP contribution in [-0.4, -0.2) is 33.6 Å². The molecule has 1 aromatic heterocycles. The number of nitrogens with zero attached hydrogens (tertiary/aromatic N) is 2. The molecule has 0 N–H and O–H groups in total. The number of fused-ring (bicyclic) bond motifs is 1. The van der Waals surface area contributed by atoms with Crippen molar-refractivity contribution in [3.8, 4) is 0 Å². The fourth-order valence-corrected chi connectivity index (χ4v) is 3.39. The highest BCUT2D eigenvalue weighted by Crippen LogP contribution is 2.35. The third kappa shape index (κ3) is 2.12. The molecule has 5 nitrogen and oxygen atoms in total. The number of allylic oxidation sites excluding steroid dienone is 2. The molecule has 1 saturated heterocycles. The third-order valence-electron chi connectivity index (χ3n) is 4.98. The number of carbonyl (C=O) groups excluding carboxylic acids is 3. The quantitative estimate of drug-likeness (QED) is 0.486. The minimum absolute atomic E-state index is 0.144. The summed E-state index contributed by atoms with van der Waals surface area (Å²) in [5, 5.41) is 0. The highest BCUT2D eigenvalue weighted by atomic mass is 16.2. The van der Waals surface area contributed by atoms with Crippen molar-refractivity contribution < 1.29 is 14.4 Å². The fourth-order valence-electron chi connectivity index (χ4n) is 3.39. The Hall–Kier alpha value is -2.17. The van der Waals surface area contributed by atoms with Crippen molar-refractivity contribution in [2.45, 2.75) is 26.7 Å². The number of hydrogen-bond acceptors (Lipinski definition) is 3. The van der Waals surface area contributed by atoms with Crippen LogP contribution in [0.3, 0.4) is 0 Å². The average Bonchev–Trinajstić information content (AvgIpc) is 2.91. The number of likely N-dealkylation sites (tertiary alicyclic amines) is 1. The van der Waals surface area contributed by atoms with Crippen molar-refractivity contribution in [2.75, 3.05) is 6.54 Å². The zero-order valence-corrected chi connectivity index (χ0v) is 13.1. The molecule has 116 valence electrons. The maximum atomic E-state index is 12.5. The lowest BCUT2D eigenvalue weighted by Gasteiger charge is -2.14. The smallest absolute Gasteiger partial charge is 0.233 e. The molecule has 1 aliphatic heterocycles. The molecule has 0 aromatic carbocycles. The lowest BCUT2D eigenvalue weighted by atomic mass is 9.85. The summed E-state index contributed by atoms with van der Waals surface area (Å²) in [5.74, 6) is -1.11. The number of imide groups is 1. The van der Waals surface area contributed by atoms with Crippen molar-refractivity contribution in [3.63, 3.8) is 0 Å². The largest absolute Gasteiger partial charge is 0.351 e. The zero-order valence-electron chi connectivity index (χ0n) is 13.1. The predicted molar refractivity (Wildman–Crippen MR) is 81.3 cm³/mol. The second kappa shape index (κ2) is 5.23. The van der Waals surface area contributed by atoms with Crippen molar-refractivity contribution in [1.82, 2.24) is 9.47 Å². The number of aryl methyl sites for hydroxylation is 1. The van der Waals surface area contributed by atoms with Gasteiger partial charge in [-0.1, -0.05) is 12.2 Å². The van der Waals surface area contributed by atoms with Gasteiger partial charge in [-0.25, -0.2) is 0 Å². The highest BCUT2D eigenvalue weighted by Gasteiger charge is 2.47. The number of amides is 2. The lowest BCUT2D eigenvalue weighted by molar-refractivity contribution is -0.139. The first kappa shape index (κ1) is 14.8. The molecule has 0 saturated carbocycles. The van der Waals surface area contributed by atoms with Gasteiger partial charge in [0.25, 0.3) is 0 Å². The molecule has 0 unspecified atom stereocenters. The molecular weight excluding hydrogens is 280 g/mol. The SMILES string of the molecule is Cc1cc(C(=O)CN2C(=O)[C@@H]3CC=CC[C@H]3C2=O)c(C)n1C. The summed E-state index contributed by atoms with van der Waals surface area (Å²) in [4.78, 5) is 38.4. The number of rotatable bonds is 3. The molecule has 1 fully saturated rings. The Kier molecular flexibility index (Phi) is 3.51. The van der Waals surface area contributed by atoms with Crippen LogP contribution in [0.4, 0.5) is 0 Å². The monoisotopic (exact) mass is 300 g/mol. The topological polar surface area (TPSA) is 59.4 Å². The van der Waals surface area contributed by atoms with Gasteiger partial charge in [0.1, 0.15) is 0 Å². The van der Waals surface area contributed by atoms with Crippen molar-refractivity contribution in [1.29, 1.82) is 0 Å². The fraction of sp³-hybridized carbons (Fsp3) is 0.471. The minimum atomic E-state index is -0.274. The molecular formula is C17H20N2O3. The Labute approximate surface area is 129 Å². The van der Waals surface area contributed by atoms with E-state index in [2.05, 4.69) is 0 Å². The van der Waals surface area contributed by atoms with Gasteiger partial charge in [0.15, 0.2) is 5.78 Å². The van der Waals surface area contributed by atoms with E-state index in [-0.39, 0.29) is 36.0 Å². The Morgan fingerprint density at radius 3 is 2.14 bits per heavy atom. The van der Waals surface area contributed by atoms with Gasteiger partial charge < -0.3 is 4.57 Å². The first-order valence-electron chi connectivity index (χ1n) is 7.58. The summed E-state index contributed by atoms with van der Waals surface area (Å²) in [6.07, 6.45) is 5.09. The highest BCUT2D eigenvalue weighted by molar-refractivity contribution is 6.10. The molecule has 2 aliphatic rings. The molecule has 0 radical (unpaired) electrons. The second-order valence-electron chi connectivity index (χ2n) is 6.19. The van der Waals surface area contributed by atoms with Crippen LogP contribution in [0.1, 0.15) is 34.6 Å². The number of hydrogen-bond donors (Lipinski definition) is 0. The summed E-state index contributed by atoms with van der Waals surface area (Å²) in [7, 11) is 1.90. The minimum Gasteiger partial charge on any atom is -0.351 e. The van der Waals surface area contributed by atoms with E-state index in [0.29, 0.717) is 18.4 Å². The van der Waals surface area contributed by atoms with Gasteiger partial charge >= 0.3 is 0 Å². The van der Waals surface area contributed by atoms with Crippen LogP contribution in [-0.2, 0) is 16.6 Å². The molecule has 3 rings (SSSR count). The molecule has 0 bridgehead atoms. The van der Waals surface area contributed by atoms with E-state index in [0.717, 1.165) is 16.3 Å². The van der Waals surface area contributed by atoms with E-state index in [4.69, 9.17) is 0 Å². The van der Waals surface area contributed by atoms with Gasteiger partial charge in [-0.05, 0) is 32.8 Å². The molecule has 2 amide bonds. The number of aromatic nitrogens is 1. The summed E-state index contributed by atoms with van der Waals surface area (Å²) < 4.78 is 1.94. The molecule has 1 aliphatic carbocycles. The van der Waals surface area contributed by atoms with Crippen molar-refractivity contribution in [3.05, 3.63) is 35.2 Å². The van der Waals surface area contributed by atoms with Crippen LogP contribution in [0.15, 0.2) is 18.2 Å². The maximum Gasteiger partial charge on any atom is 0.233 e. The Bertz CT molecular complexity index is 673. The summed E-state index contributed by atoms with van der Waals surface area (Å²) in [6.45, 7) is 3.66. The summed E-state index contributed by atoms with van der Waals surface area (Å²) >= 11 is 0. The van der Waals surface area contributed by atoms with Gasteiger partial charge in [0, 0.05) is 24.0 Å². The number of ketones is 1. The van der Waals surface area contributed by atoms with Crippen LogP contribution in [0.25, 0.3) is 0 Å². The first-order valence-corrected chi connectivity index (χ1v) is 7.58. The van der Waals surface area contributed by atoms with Gasteiger partial charge in [-0.15, -0.1) is 0 Å². The van der Waals surface area contributed by atoms with Gasteiger partial charge in [-0.2, -0.15) is 0 Å². The normalized spacial score (nSPS) is 24.0. The molecule has 1 aromatic rings. The second-order valence-corrected chi connectivity index (χ2v) is 6.19. The van der Waals surface area contributed by atoms with E-state index < -0.39 is 0 Å². The predicted octanol–water partition coefficient (Wildman–Crippen LogP) is 1.78. The van der Waals surface area contributed by atoms with Crippen LogP contribution in [0, 0.1) is 25.7 Å². The molecule has 2 heterocycles. The molecule has 0 spiro atoms. The Morgan fingerprint density at radius 1 is 1.14 bits per heavy atom. The van der Waals surface area contributed by atoms with Gasteiger partial charge in [-0.3, -0.25) is 19.3 Å². The number of carbonyl (C=O) groups is 3. The van der Waals surface area contributed by atoms with Crippen molar-refractivity contribution >= 4 is 17.6 Å². The van der Waals surface area contributed by atoms with E-state index in [1.54, 1.807) is 0 Å². The van der Waals surface area contributed by atoms with E-state index in [1.807, 2.05) is 43.7 Å². The Balaban J connectivity index is 1.81. The van der Waals surface area contributed by atoms with Crippen LogP contribution >= 0.6 is 0 Å². The summed E-state index contributed by atoms with van der Waals surface area (Å²) in [5.41, 5.74) is 2.44. The molecule has 5 heteroatoms. The number of Topliss-reactive ketones (excluding diaryl/α,β-unsaturated/α-hetero) is 1. The molecule has 2 atom stereocenters. The van der Waals surface area contributed by atoms with E-state index in [1.165, 1.54) is 0 Å². The standard InChI is InChI=1S/C17H20N2O3/c1-10-8-14(11(2)18(10)3)15(20)9-19-16(21)12-6-4-5-7-13(12)17(19)22/h4-5,8,12-13H,6-7,9H2,1-3H3/t12-,13-/m1/s1. The van der Waals surface area contributed by atoms with Crippen LogP contribution in [0.2, 0.25) is 0 Å². The van der Waals surface area contributed by atoms with Gasteiger partial charge in [0.2, 0.25) is 11.8 Å². The molecule has 22 heavy (non-hydrogen) atoms. The first-order chi connectivity index (χ1) is 10.4. The average molecular weight is 300 g/mol. The third-order valence-corrected chi connectivity index (χ3v) is 4.98. The zero-order chi connectivity index (χ0) is 16.0. The lowest BCUT2D eigenvalue weighted by Crippen LogP contribution is -2.36. The van der Waals surface area contributed by atoms with Crippen molar-refractivity contribution in [2.24, 2.45) is 18.9 Å². The summed E-state index contributed by atoms with van der Waals surface area (Å²) in [6, 6.07) is 1.82. The Morgan fingerprint density at radius 2 is 1.68 bits per heavy atom. The van der Waals surface area contributed by atoms with Crippen LogP contribution in [0.5, 0.6) is 0 Å². The van der Waals surface area contributed by atoms with E-state index in [9.17, 15) is 14.4 Å². The van der Waals surface area contributed by atoms with E-state index >= 15 is 0 Å². The van der Waals surface area contributed by atoms with Crippen LogP contribution < -0.4 is 0 Å². The maximum absolute atomic E-state index is 12.5. The van der Waals surface area contributed by atoms with Gasteiger partial charge in [0.05, 0.1) is 18.4 Å².